The van der Waals surface area contributed by atoms with Crippen LogP contribution >= 0.6 is 0 Å². The summed E-state index contributed by atoms with van der Waals surface area (Å²) in [6.45, 7) is 4.81. The minimum absolute atomic E-state index is 0.0394. The maximum atomic E-state index is 10.8. The van der Waals surface area contributed by atoms with Crippen molar-refractivity contribution >= 4 is 0 Å². The maximum Gasteiger partial charge on any atom is 0.119 e. The highest BCUT2D eigenvalue weighted by atomic mass is 16.5. The lowest BCUT2D eigenvalue weighted by atomic mass is 10.0. The van der Waals surface area contributed by atoms with Gasteiger partial charge in [0.25, 0.3) is 0 Å². The molecule has 4 rings (SSSR count). The van der Waals surface area contributed by atoms with E-state index in [4.69, 9.17) is 18.9 Å². The van der Waals surface area contributed by atoms with Crippen molar-refractivity contribution in [3.63, 3.8) is 0 Å². The molecule has 7 heteroatoms. The Balaban J connectivity index is 1.24. The van der Waals surface area contributed by atoms with Crippen LogP contribution in [-0.4, -0.2) is 79.5 Å². The van der Waals surface area contributed by atoms with Crippen molar-refractivity contribution in [2.75, 3.05) is 46.1 Å². The molecule has 0 aliphatic rings. The number of hydrogen-bond acceptors (Lipinski definition) is 7. The predicted octanol–water partition coefficient (Wildman–Crippen LogP) is 5.44. The molecule has 0 bridgehead atoms. The first kappa shape index (κ1) is 33.0. The molecule has 0 saturated heterocycles. The average molecular weight is 600 g/mol. The molecule has 0 amide bonds. The highest BCUT2D eigenvalue weighted by Gasteiger charge is 2.22. The van der Waals surface area contributed by atoms with Gasteiger partial charge in [-0.1, -0.05) is 78.9 Å². The van der Waals surface area contributed by atoms with Crippen molar-refractivity contribution in [2.45, 2.75) is 38.0 Å². The summed E-state index contributed by atoms with van der Waals surface area (Å²) in [6, 6.07) is 37.3. The van der Waals surface area contributed by atoms with Gasteiger partial charge in [-0.15, -0.1) is 0 Å². The maximum absolute atomic E-state index is 10.8. The molecule has 4 aromatic rings. The smallest absolute Gasteiger partial charge is 0.119 e. The fraction of sp³-hybridized carbons (Fsp3) is 0.351. The van der Waals surface area contributed by atoms with Crippen LogP contribution in [0.5, 0.6) is 17.2 Å². The minimum atomic E-state index is -0.731. The van der Waals surface area contributed by atoms with Crippen LogP contribution in [0.25, 0.3) is 0 Å². The number of ether oxygens (including phenoxy) is 4. The third-order valence-electron chi connectivity index (χ3n) is 7.21. The third-order valence-corrected chi connectivity index (χ3v) is 7.21. The second kappa shape index (κ2) is 18.7. The van der Waals surface area contributed by atoms with E-state index in [1.54, 1.807) is 0 Å². The molecule has 0 spiro atoms. The zero-order chi connectivity index (χ0) is 30.8. The van der Waals surface area contributed by atoms with Crippen molar-refractivity contribution in [3.05, 3.63) is 126 Å². The summed E-state index contributed by atoms with van der Waals surface area (Å²) in [5.74, 6) is 2.22. The Morgan fingerprint density at radius 3 is 1.59 bits per heavy atom. The topological polar surface area (TPSA) is 80.6 Å². The molecule has 0 unspecified atom stereocenters. The zero-order valence-electron chi connectivity index (χ0n) is 25.5. The minimum Gasteiger partial charge on any atom is -0.491 e. The monoisotopic (exact) mass is 599 g/mol. The van der Waals surface area contributed by atoms with Crippen LogP contribution in [0.15, 0.2) is 115 Å². The fourth-order valence-electron chi connectivity index (χ4n) is 4.85. The molecular weight excluding hydrogens is 554 g/mol. The first-order valence-corrected chi connectivity index (χ1v) is 15.3. The zero-order valence-corrected chi connectivity index (χ0v) is 25.5. The molecule has 4 aromatic carbocycles. The van der Waals surface area contributed by atoms with Gasteiger partial charge in [0.2, 0.25) is 0 Å². The summed E-state index contributed by atoms with van der Waals surface area (Å²) in [7, 11) is 0. The molecule has 0 aliphatic carbocycles. The number of rotatable bonds is 20. The molecule has 0 aromatic heterocycles. The number of nitrogens with zero attached hydrogens (tertiary/aromatic N) is 1. The third kappa shape index (κ3) is 12.4. The summed E-state index contributed by atoms with van der Waals surface area (Å²) in [6.07, 6.45) is 0.163. The Morgan fingerprint density at radius 1 is 0.545 bits per heavy atom. The van der Waals surface area contributed by atoms with Gasteiger partial charge >= 0.3 is 0 Å². The van der Waals surface area contributed by atoms with Crippen molar-refractivity contribution in [2.24, 2.45) is 0 Å². The van der Waals surface area contributed by atoms with E-state index in [-0.39, 0.29) is 19.3 Å². The standard InChI is InChI=1S/C37H45NO6/c1-30(25-32-17-19-37(20-18-32)42-24-23-41-22-21-31-11-5-2-6-12-31)38(26-33(39)28-43-35-13-7-3-8-14-35)27-34(40)29-44-36-15-9-4-10-16-36/h2-20,30,33-34,39-40H,21-29H2,1H3/t30-,33+,34+/m1/s1. The molecule has 0 heterocycles. The molecule has 0 aliphatic heterocycles. The van der Waals surface area contributed by atoms with E-state index in [0.29, 0.717) is 44.4 Å². The molecule has 3 atom stereocenters. The van der Waals surface area contributed by atoms with Crippen molar-refractivity contribution in [1.29, 1.82) is 0 Å². The van der Waals surface area contributed by atoms with Gasteiger partial charge in [-0.3, -0.25) is 4.90 Å². The summed E-state index contributed by atoms with van der Waals surface area (Å²) in [5, 5.41) is 21.7. The van der Waals surface area contributed by atoms with E-state index in [1.165, 1.54) is 5.56 Å². The highest BCUT2D eigenvalue weighted by molar-refractivity contribution is 5.28. The Labute approximate surface area is 261 Å². The number of hydrogen-bond donors (Lipinski definition) is 2. The van der Waals surface area contributed by atoms with Gasteiger partial charge in [0.1, 0.15) is 49.3 Å². The van der Waals surface area contributed by atoms with Gasteiger partial charge in [0.15, 0.2) is 0 Å². The summed E-state index contributed by atoms with van der Waals surface area (Å²) in [4.78, 5) is 2.09. The van der Waals surface area contributed by atoms with Gasteiger partial charge in [-0.2, -0.15) is 0 Å². The van der Waals surface area contributed by atoms with E-state index in [0.717, 1.165) is 24.2 Å². The summed E-state index contributed by atoms with van der Waals surface area (Å²) >= 11 is 0. The van der Waals surface area contributed by atoms with Gasteiger partial charge in [0.05, 0.1) is 13.2 Å². The van der Waals surface area contributed by atoms with Gasteiger partial charge in [-0.05, 0) is 67.3 Å². The Hall–Kier alpha value is -3.88. The molecule has 2 N–H and O–H groups in total. The Morgan fingerprint density at radius 2 is 1.05 bits per heavy atom. The number of aliphatic hydroxyl groups excluding tert-OH is 2. The quantitative estimate of drug-likeness (QED) is 0.131. The van der Waals surface area contributed by atoms with E-state index < -0.39 is 12.2 Å². The predicted molar refractivity (Wildman–Crippen MR) is 174 cm³/mol. The molecule has 7 nitrogen and oxygen atoms in total. The fourth-order valence-corrected chi connectivity index (χ4v) is 4.85. The lowest BCUT2D eigenvalue weighted by Gasteiger charge is -2.32. The van der Waals surface area contributed by atoms with Crippen LogP contribution in [0.4, 0.5) is 0 Å². The normalized spacial score (nSPS) is 13.3. The van der Waals surface area contributed by atoms with Crippen LogP contribution in [0.2, 0.25) is 0 Å². The lowest BCUT2D eigenvalue weighted by molar-refractivity contribution is 0.0167. The summed E-state index contributed by atoms with van der Waals surface area (Å²) < 4.78 is 23.1. The van der Waals surface area contributed by atoms with E-state index >= 15 is 0 Å². The first-order valence-electron chi connectivity index (χ1n) is 15.3. The molecule has 0 fully saturated rings. The van der Waals surface area contributed by atoms with Crippen molar-refractivity contribution < 1.29 is 29.2 Å². The molecule has 44 heavy (non-hydrogen) atoms. The summed E-state index contributed by atoms with van der Waals surface area (Å²) in [5.41, 5.74) is 2.40. The van der Waals surface area contributed by atoms with E-state index in [2.05, 4.69) is 36.1 Å². The second-order valence-electron chi connectivity index (χ2n) is 10.9. The van der Waals surface area contributed by atoms with Crippen molar-refractivity contribution in [1.82, 2.24) is 4.90 Å². The highest BCUT2D eigenvalue weighted by Crippen LogP contribution is 2.17. The van der Waals surface area contributed by atoms with Gasteiger partial charge < -0.3 is 29.2 Å². The Kier molecular flexibility index (Phi) is 14.0. The van der Waals surface area contributed by atoms with Crippen LogP contribution in [0, 0.1) is 0 Å². The molecule has 0 radical (unpaired) electrons. The SMILES string of the molecule is C[C@H](Cc1ccc(OCCOCCc2ccccc2)cc1)N(C[C@H](O)COc1ccccc1)C[C@H](O)COc1ccccc1. The second-order valence-corrected chi connectivity index (χ2v) is 10.9. The number of para-hydroxylation sites is 2. The van der Waals surface area contributed by atoms with Crippen LogP contribution < -0.4 is 14.2 Å². The van der Waals surface area contributed by atoms with E-state index in [9.17, 15) is 10.2 Å². The Bertz CT molecular complexity index is 1240. The lowest BCUT2D eigenvalue weighted by Crippen LogP contribution is -2.46. The van der Waals surface area contributed by atoms with Gasteiger partial charge in [-0.25, -0.2) is 0 Å². The first-order chi connectivity index (χ1) is 21.5. The number of aliphatic hydroxyl groups is 2. The number of benzene rings is 4. The molecule has 234 valence electrons. The van der Waals surface area contributed by atoms with E-state index in [1.807, 2.05) is 91.0 Å². The van der Waals surface area contributed by atoms with Crippen LogP contribution in [0.1, 0.15) is 18.1 Å². The van der Waals surface area contributed by atoms with Crippen LogP contribution in [-0.2, 0) is 17.6 Å². The van der Waals surface area contributed by atoms with Crippen molar-refractivity contribution in [3.8, 4) is 17.2 Å². The largest absolute Gasteiger partial charge is 0.491 e. The molecule has 0 saturated carbocycles. The average Bonchev–Trinajstić information content (AvgIpc) is 3.06. The molecular formula is C37H45NO6. The van der Waals surface area contributed by atoms with Crippen LogP contribution in [0.3, 0.4) is 0 Å². The van der Waals surface area contributed by atoms with Gasteiger partial charge in [0, 0.05) is 19.1 Å².